The van der Waals surface area contributed by atoms with Crippen LogP contribution in [0.3, 0.4) is 0 Å². The Morgan fingerprint density at radius 1 is 1.00 bits per heavy atom. The summed E-state index contributed by atoms with van der Waals surface area (Å²) in [7, 11) is 0. The van der Waals surface area contributed by atoms with Gasteiger partial charge in [0.1, 0.15) is 19.8 Å². The highest BCUT2D eigenvalue weighted by atomic mass is 16.6. The number of rotatable bonds is 12. The Balaban J connectivity index is 2.57. The predicted octanol–water partition coefficient (Wildman–Crippen LogP) is 1.11. The predicted molar refractivity (Wildman–Crippen MR) is 97.9 cm³/mol. The molecule has 0 amide bonds. The summed E-state index contributed by atoms with van der Waals surface area (Å²) in [6, 6.07) is 0. The first-order valence-electron chi connectivity index (χ1n) is 8.99. The van der Waals surface area contributed by atoms with Gasteiger partial charge in [0.2, 0.25) is 0 Å². The van der Waals surface area contributed by atoms with Crippen molar-refractivity contribution in [2.24, 2.45) is 5.41 Å². The molecular weight excluding hydrogens is 354 g/mol. The molecule has 1 aliphatic heterocycles. The second-order valence-corrected chi connectivity index (χ2v) is 6.34. The van der Waals surface area contributed by atoms with E-state index < -0.39 is 17.4 Å². The first kappa shape index (κ1) is 22.9. The van der Waals surface area contributed by atoms with Crippen LogP contribution < -0.4 is 0 Å². The molecule has 0 N–H and O–H groups in total. The SMILES string of the molecule is C=CC(=O)OCC(CC)(COC(=O)C=C)COC(=O)CCN1CCOCC1. The lowest BCUT2D eigenvalue weighted by Gasteiger charge is -2.31. The summed E-state index contributed by atoms with van der Waals surface area (Å²) in [5.41, 5.74) is -0.827. The zero-order chi connectivity index (χ0) is 20.1. The van der Waals surface area contributed by atoms with Crippen molar-refractivity contribution >= 4 is 17.9 Å². The smallest absolute Gasteiger partial charge is 0.330 e. The van der Waals surface area contributed by atoms with Gasteiger partial charge in [-0.15, -0.1) is 0 Å². The van der Waals surface area contributed by atoms with Crippen LogP contribution in [0.2, 0.25) is 0 Å². The number of morpholine rings is 1. The van der Waals surface area contributed by atoms with Crippen molar-refractivity contribution in [1.82, 2.24) is 4.90 Å². The average Bonchev–Trinajstić information content (AvgIpc) is 2.72. The standard InChI is InChI=1S/C19H29NO7/c1-4-16(21)25-13-19(6-3,14-26-17(22)5-2)15-27-18(23)7-8-20-9-11-24-12-10-20/h4-5H,1-2,6-15H2,3H3. The highest BCUT2D eigenvalue weighted by molar-refractivity contribution is 5.81. The van der Waals surface area contributed by atoms with Gasteiger partial charge < -0.3 is 18.9 Å². The number of esters is 3. The third-order valence-corrected chi connectivity index (χ3v) is 4.40. The fourth-order valence-electron chi connectivity index (χ4n) is 2.38. The molecule has 0 spiro atoms. The van der Waals surface area contributed by atoms with Crippen molar-refractivity contribution < 1.29 is 33.3 Å². The maximum Gasteiger partial charge on any atom is 0.330 e. The van der Waals surface area contributed by atoms with Crippen molar-refractivity contribution in [2.75, 3.05) is 52.7 Å². The fraction of sp³-hybridized carbons (Fsp3) is 0.632. The van der Waals surface area contributed by atoms with E-state index in [9.17, 15) is 14.4 Å². The normalized spacial score (nSPS) is 14.9. The van der Waals surface area contributed by atoms with Crippen LogP contribution in [0.5, 0.6) is 0 Å². The van der Waals surface area contributed by atoms with E-state index in [-0.39, 0.29) is 32.2 Å². The Bertz CT molecular complexity index is 502. The zero-order valence-electron chi connectivity index (χ0n) is 15.9. The molecule has 27 heavy (non-hydrogen) atoms. The maximum absolute atomic E-state index is 12.1. The maximum atomic E-state index is 12.1. The van der Waals surface area contributed by atoms with Gasteiger partial charge in [0.15, 0.2) is 0 Å². The van der Waals surface area contributed by atoms with Crippen molar-refractivity contribution in [3.63, 3.8) is 0 Å². The summed E-state index contributed by atoms with van der Waals surface area (Å²) in [5, 5.41) is 0. The van der Waals surface area contributed by atoms with Crippen LogP contribution in [0.15, 0.2) is 25.3 Å². The number of nitrogens with zero attached hydrogens (tertiary/aromatic N) is 1. The molecular formula is C19H29NO7. The van der Waals surface area contributed by atoms with E-state index in [0.717, 1.165) is 25.2 Å². The minimum atomic E-state index is -0.827. The number of carbonyl (C=O) groups is 3. The quantitative estimate of drug-likeness (QED) is 0.281. The van der Waals surface area contributed by atoms with Crippen molar-refractivity contribution in [2.45, 2.75) is 19.8 Å². The summed E-state index contributed by atoms with van der Waals surface area (Å²) in [5.74, 6) is -1.55. The van der Waals surface area contributed by atoms with Gasteiger partial charge in [0.05, 0.1) is 25.0 Å². The van der Waals surface area contributed by atoms with Crippen molar-refractivity contribution in [1.29, 1.82) is 0 Å². The Morgan fingerprint density at radius 2 is 1.52 bits per heavy atom. The largest absolute Gasteiger partial charge is 0.465 e. The van der Waals surface area contributed by atoms with Gasteiger partial charge in [-0.05, 0) is 6.42 Å². The molecule has 0 bridgehead atoms. The topological polar surface area (TPSA) is 91.4 Å². The van der Waals surface area contributed by atoms with Crippen LogP contribution in [-0.4, -0.2) is 75.5 Å². The van der Waals surface area contributed by atoms with Gasteiger partial charge >= 0.3 is 17.9 Å². The molecule has 0 aromatic carbocycles. The van der Waals surface area contributed by atoms with Crippen LogP contribution in [0.4, 0.5) is 0 Å². The average molecular weight is 383 g/mol. The molecule has 1 fully saturated rings. The third kappa shape index (κ3) is 8.83. The van der Waals surface area contributed by atoms with Gasteiger partial charge in [-0.25, -0.2) is 9.59 Å². The van der Waals surface area contributed by atoms with Crippen molar-refractivity contribution in [3.8, 4) is 0 Å². The van der Waals surface area contributed by atoms with Gasteiger partial charge in [0, 0.05) is 31.8 Å². The molecule has 1 heterocycles. The lowest BCUT2D eigenvalue weighted by Crippen LogP contribution is -2.40. The summed E-state index contributed by atoms with van der Waals surface area (Å²) < 4.78 is 20.9. The van der Waals surface area contributed by atoms with Gasteiger partial charge in [0.25, 0.3) is 0 Å². The molecule has 1 rings (SSSR count). The Kier molecular flexibility index (Phi) is 10.4. The van der Waals surface area contributed by atoms with Gasteiger partial charge in [-0.2, -0.15) is 0 Å². The van der Waals surface area contributed by atoms with E-state index in [0.29, 0.717) is 26.2 Å². The van der Waals surface area contributed by atoms with E-state index in [1.54, 1.807) is 0 Å². The summed E-state index contributed by atoms with van der Waals surface area (Å²) in [6.45, 7) is 11.9. The molecule has 0 saturated carbocycles. The molecule has 152 valence electrons. The van der Waals surface area contributed by atoms with E-state index in [4.69, 9.17) is 18.9 Å². The number of ether oxygens (including phenoxy) is 4. The number of hydrogen-bond acceptors (Lipinski definition) is 8. The van der Waals surface area contributed by atoms with Crippen LogP contribution in [0.1, 0.15) is 19.8 Å². The molecule has 0 unspecified atom stereocenters. The molecule has 0 radical (unpaired) electrons. The monoisotopic (exact) mass is 383 g/mol. The summed E-state index contributed by atoms with van der Waals surface area (Å²) in [4.78, 5) is 37.0. The highest BCUT2D eigenvalue weighted by Crippen LogP contribution is 2.24. The molecule has 8 nitrogen and oxygen atoms in total. The number of hydrogen-bond donors (Lipinski definition) is 0. The molecule has 0 atom stereocenters. The minimum Gasteiger partial charge on any atom is -0.465 e. The molecule has 1 saturated heterocycles. The summed E-state index contributed by atoms with van der Waals surface area (Å²) in [6.07, 6.45) is 2.81. The van der Waals surface area contributed by atoms with Crippen LogP contribution >= 0.6 is 0 Å². The minimum absolute atomic E-state index is 0.0275. The molecule has 0 aromatic rings. The Hall–Kier alpha value is -2.19. The third-order valence-electron chi connectivity index (χ3n) is 4.40. The Labute approximate surface area is 160 Å². The fourth-order valence-corrected chi connectivity index (χ4v) is 2.38. The highest BCUT2D eigenvalue weighted by Gasteiger charge is 2.34. The lowest BCUT2D eigenvalue weighted by molar-refractivity contribution is -0.158. The van der Waals surface area contributed by atoms with E-state index in [2.05, 4.69) is 18.1 Å². The van der Waals surface area contributed by atoms with Gasteiger partial charge in [-0.3, -0.25) is 9.69 Å². The second kappa shape index (κ2) is 12.2. The molecule has 1 aliphatic rings. The van der Waals surface area contributed by atoms with Crippen molar-refractivity contribution in [3.05, 3.63) is 25.3 Å². The van der Waals surface area contributed by atoms with E-state index in [1.807, 2.05) is 6.92 Å². The van der Waals surface area contributed by atoms with Crippen LogP contribution in [0, 0.1) is 5.41 Å². The number of carbonyl (C=O) groups excluding carboxylic acids is 3. The first-order valence-corrected chi connectivity index (χ1v) is 8.99. The zero-order valence-corrected chi connectivity index (χ0v) is 15.9. The second-order valence-electron chi connectivity index (χ2n) is 6.34. The molecule has 8 heteroatoms. The van der Waals surface area contributed by atoms with E-state index in [1.165, 1.54) is 0 Å². The van der Waals surface area contributed by atoms with E-state index >= 15 is 0 Å². The molecule has 0 aromatic heterocycles. The first-order chi connectivity index (χ1) is 12.9. The summed E-state index contributed by atoms with van der Waals surface area (Å²) >= 11 is 0. The van der Waals surface area contributed by atoms with Crippen LogP contribution in [-0.2, 0) is 33.3 Å². The van der Waals surface area contributed by atoms with Gasteiger partial charge in [-0.1, -0.05) is 20.1 Å². The van der Waals surface area contributed by atoms with Crippen LogP contribution in [0.25, 0.3) is 0 Å². The Morgan fingerprint density at radius 3 is 2.00 bits per heavy atom. The lowest BCUT2D eigenvalue weighted by atomic mass is 9.88. The molecule has 0 aliphatic carbocycles.